The van der Waals surface area contributed by atoms with Crippen molar-refractivity contribution in [3.63, 3.8) is 0 Å². The maximum absolute atomic E-state index is 12.4. The molecule has 0 spiro atoms. The van der Waals surface area contributed by atoms with Crippen molar-refractivity contribution in [3.8, 4) is 0 Å². The SMILES string of the molecule is CCCCCC(=O)C[C@H](C)[C@H]1CCCC(=O)N1CCCCCCC(=O)O. The highest BCUT2D eigenvalue weighted by molar-refractivity contribution is 5.79. The molecule has 0 saturated carbocycles. The molecular weight excluding hydrogens is 330 g/mol. The maximum Gasteiger partial charge on any atom is 0.303 e. The molecule has 1 aliphatic heterocycles. The van der Waals surface area contributed by atoms with Gasteiger partial charge in [0.05, 0.1) is 0 Å². The van der Waals surface area contributed by atoms with Crippen LogP contribution in [0.4, 0.5) is 0 Å². The van der Waals surface area contributed by atoms with E-state index < -0.39 is 5.97 Å². The fourth-order valence-corrected chi connectivity index (χ4v) is 3.91. The molecule has 5 heteroatoms. The Morgan fingerprint density at radius 2 is 1.81 bits per heavy atom. The van der Waals surface area contributed by atoms with Crippen LogP contribution >= 0.6 is 0 Å². The van der Waals surface area contributed by atoms with E-state index in [-0.39, 0.29) is 24.3 Å². The van der Waals surface area contributed by atoms with Gasteiger partial charge in [0.2, 0.25) is 5.91 Å². The molecule has 26 heavy (non-hydrogen) atoms. The quantitative estimate of drug-likeness (QED) is 0.456. The van der Waals surface area contributed by atoms with Crippen LogP contribution in [0.25, 0.3) is 0 Å². The number of piperidine rings is 1. The molecular formula is C21H37NO4. The highest BCUT2D eigenvalue weighted by Gasteiger charge is 2.32. The first-order chi connectivity index (χ1) is 12.5. The number of likely N-dealkylation sites (tertiary alicyclic amines) is 1. The largest absolute Gasteiger partial charge is 0.481 e. The van der Waals surface area contributed by atoms with Crippen molar-refractivity contribution in [2.75, 3.05) is 6.54 Å². The third-order valence-corrected chi connectivity index (χ3v) is 5.42. The minimum atomic E-state index is -0.742. The Bertz CT molecular complexity index is 449. The van der Waals surface area contributed by atoms with Gasteiger partial charge in [-0.2, -0.15) is 0 Å². The minimum Gasteiger partial charge on any atom is -0.481 e. The van der Waals surface area contributed by atoms with Crippen LogP contribution in [0.5, 0.6) is 0 Å². The molecule has 5 nitrogen and oxygen atoms in total. The zero-order valence-corrected chi connectivity index (χ0v) is 16.7. The Labute approximate surface area is 158 Å². The number of unbranched alkanes of at least 4 members (excludes halogenated alkanes) is 5. The lowest BCUT2D eigenvalue weighted by atomic mass is 9.87. The second-order valence-corrected chi connectivity index (χ2v) is 7.78. The fraction of sp³-hybridized carbons (Fsp3) is 0.857. The number of rotatable bonds is 14. The summed E-state index contributed by atoms with van der Waals surface area (Å²) in [6.45, 7) is 4.99. The number of carboxylic acids is 1. The van der Waals surface area contributed by atoms with Crippen LogP contribution in [0.2, 0.25) is 0 Å². The van der Waals surface area contributed by atoms with Gasteiger partial charge in [0.1, 0.15) is 5.78 Å². The van der Waals surface area contributed by atoms with Crippen LogP contribution in [-0.2, 0) is 14.4 Å². The van der Waals surface area contributed by atoms with E-state index in [1.165, 1.54) is 0 Å². The molecule has 0 radical (unpaired) electrons. The molecule has 1 amide bonds. The lowest BCUT2D eigenvalue weighted by Gasteiger charge is -2.39. The number of ketones is 1. The normalized spacial score (nSPS) is 18.8. The summed E-state index contributed by atoms with van der Waals surface area (Å²) in [4.78, 5) is 37.1. The molecule has 0 aromatic rings. The van der Waals surface area contributed by atoms with Crippen LogP contribution in [0.3, 0.4) is 0 Å². The van der Waals surface area contributed by atoms with Crippen LogP contribution in [-0.4, -0.2) is 40.3 Å². The molecule has 0 aromatic carbocycles. The van der Waals surface area contributed by atoms with Crippen LogP contribution in [0, 0.1) is 5.92 Å². The predicted octanol–water partition coefficient (Wildman–Crippen LogP) is 4.58. The third kappa shape index (κ3) is 8.81. The Balaban J connectivity index is 2.41. The molecule has 0 bridgehead atoms. The van der Waals surface area contributed by atoms with Crippen molar-refractivity contribution in [3.05, 3.63) is 0 Å². The highest BCUT2D eigenvalue weighted by Crippen LogP contribution is 2.27. The molecule has 1 saturated heterocycles. The molecule has 0 aliphatic carbocycles. The number of hydrogen-bond acceptors (Lipinski definition) is 3. The number of carboxylic acid groups (broad SMARTS) is 1. The van der Waals surface area contributed by atoms with Crippen molar-refractivity contribution >= 4 is 17.7 Å². The summed E-state index contributed by atoms with van der Waals surface area (Å²) in [6.07, 6.45) is 10.7. The molecule has 0 aromatic heterocycles. The summed E-state index contributed by atoms with van der Waals surface area (Å²) >= 11 is 0. The summed E-state index contributed by atoms with van der Waals surface area (Å²) in [6, 6.07) is 0.186. The number of Topliss-reactive ketones (excluding diaryl/α,β-unsaturated/α-hetero) is 1. The van der Waals surface area contributed by atoms with Gasteiger partial charge in [-0.3, -0.25) is 14.4 Å². The first-order valence-electron chi connectivity index (χ1n) is 10.5. The van der Waals surface area contributed by atoms with E-state index in [0.29, 0.717) is 31.5 Å². The Morgan fingerprint density at radius 3 is 2.50 bits per heavy atom. The molecule has 1 heterocycles. The number of hydrogen-bond donors (Lipinski definition) is 1. The van der Waals surface area contributed by atoms with E-state index >= 15 is 0 Å². The van der Waals surface area contributed by atoms with Crippen molar-refractivity contribution in [1.29, 1.82) is 0 Å². The van der Waals surface area contributed by atoms with Crippen LogP contribution in [0.15, 0.2) is 0 Å². The zero-order chi connectivity index (χ0) is 19.4. The van der Waals surface area contributed by atoms with Gasteiger partial charge in [-0.1, -0.05) is 39.5 Å². The smallest absolute Gasteiger partial charge is 0.303 e. The molecule has 1 rings (SSSR count). The van der Waals surface area contributed by atoms with Gasteiger partial charge >= 0.3 is 5.97 Å². The summed E-state index contributed by atoms with van der Waals surface area (Å²) < 4.78 is 0. The average Bonchev–Trinajstić information content (AvgIpc) is 2.58. The summed E-state index contributed by atoms with van der Waals surface area (Å²) in [5.41, 5.74) is 0. The summed E-state index contributed by atoms with van der Waals surface area (Å²) in [7, 11) is 0. The number of carbonyl (C=O) groups excluding carboxylic acids is 2. The second kappa shape index (κ2) is 12.9. The number of aliphatic carboxylic acids is 1. The second-order valence-electron chi connectivity index (χ2n) is 7.78. The van der Waals surface area contributed by atoms with E-state index in [1.807, 2.05) is 4.90 Å². The maximum atomic E-state index is 12.4. The van der Waals surface area contributed by atoms with Gasteiger partial charge in [0, 0.05) is 38.3 Å². The van der Waals surface area contributed by atoms with Gasteiger partial charge in [-0.25, -0.2) is 0 Å². The number of amides is 1. The highest BCUT2D eigenvalue weighted by atomic mass is 16.4. The number of nitrogens with zero attached hydrogens (tertiary/aromatic N) is 1. The standard InChI is InChI=1S/C21H37NO4/c1-3-4-7-11-18(23)16-17(2)19-12-10-13-20(24)22(19)15-9-6-5-8-14-21(25)26/h17,19H,3-16H2,1-2H3,(H,25,26)/t17-,19+/m0/s1. The minimum absolute atomic E-state index is 0.186. The predicted molar refractivity (Wildman–Crippen MR) is 103 cm³/mol. The molecule has 150 valence electrons. The third-order valence-electron chi connectivity index (χ3n) is 5.42. The average molecular weight is 368 g/mol. The van der Waals surface area contributed by atoms with E-state index in [4.69, 9.17) is 5.11 Å². The van der Waals surface area contributed by atoms with Crippen molar-refractivity contribution in [1.82, 2.24) is 4.90 Å². The van der Waals surface area contributed by atoms with E-state index in [1.54, 1.807) is 0 Å². The van der Waals surface area contributed by atoms with Crippen LogP contribution < -0.4 is 0 Å². The van der Waals surface area contributed by atoms with Gasteiger partial charge in [0.25, 0.3) is 0 Å². The molecule has 0 unspecified atom stereocenters. The first-order valence-corrected chi connectivity index (χ1v) is 10.5. The topological polar surface area (TPSA) is 74.7 Å². The Morgan fingerprint density at radius 1 is 1.12 bits per heavy atom. The molecule has 1 N–H and O–H groups in total. The van der Waals surface area contributed by atoms with Crippen molar-refractivity contribution in [2.45, 2.75) is 103 Å². The lowest BCUT2D eigenvalue weighted by Crippen LogP contribution is -2.47. The lowest BCUT2D eigenvalue weighted by molar-refractivity contribution is -0.139. The van der Waals surface area contributed by atoms with E-state index in [9.17, 15) is 14.4 Å². The molecule has 1 fully saturated rings. The monoisotopic (exact) mass is 367 g/mol. The summed E-state index contributed by atoms with van der Waals surface area (Å²) in [5, 5.41) is 8.66. The zero-order valence-electron chi connectivity index (χ0n) is 16.7. The summed E-state index contributed by atoms with van der Waals surface area (Å²) in [5.74, 6) is 0.0312. The van der Waals surface area contributed by atoms with Crippen molar-refractivity contribution < 1.29 is 19.5 Å². The molecule has 2 atom stereocenters. The van der Waals surface area contributed by atoms with Gasteiger partial charge in [-0.05, 0) is 38.0 Å². The van der Waals surface area contributed by atoms with Gasteiger partial charge in [0.15, 0.2) is 0 Å². The van der Waals surface area contributed by atoms with Gasteiger partial charge in [-0.15, -0.1) is 0 Å². The number of carbonyl (C=O) groups is 3. The van der Waals surface area contributed by atoms with E-state index in [0.717, 1.165) is 57.9 Å². The Hall–Kier alpha value is -1.39. The fourth-order valence-electron chi connectivity index (χ4n) is 3.91. The van der Waals surface area contributed by atoms with E-state index in [2.05, 4.69) is 13.8 Å². The van der Waals surface area contributed by atoms with Gasteiger partial charge < -0.3 is 10.0 Å². The first kappa shape index (κ1) is 22.7. The van der Waals surface area contributed by atoms with Crippen molar-refractivity contribution in [2.24, 2.45) is 5.92 Å². The Kier molecular flexibility index (Phi) is 11.2. The van der Waals surface area contributed by atoms with Crippen LogP contribution in [0.1, 0.15) is 97.3 Å². The molecule has 1 aliphatic rings.